The molecule has 3 amide bonds. The Bertz CT molecular complexity index is 653. The highest BCUT2D eigenvalue weighted by atomic mass is 16.2. The van der Waals surface area contributed by atoms with Gasteiger partial charge in [-0.05, 0) is 18.4 Å². The molecular weight excluding hydrogens is 318 g/mol. The summed E-state index contributed by atoms with van der Waals surface area (Å²) in [7, 11) is 0. The Kier molecular flexibility index (Phi) is 5.06. The SMILES string of the molecule is NC(=O)C1(NC(=O)C2CC(=O)N(Cc3ccccc3)C2)CCCCC1. The average Bonchev–Trinajstić information content (AvgIpc) is 2.97. The highest BCUT2D eigenvalue weighted by Gasteiger charge is 2.42. The maximum absolute atomic E-state index is 12.7. The quantitative estimate of drug-likeness (QED) is 0.845. The van der Waals surface area contributed by atoms with E-state index >= 15 is 0 Å². The van der Waals surface area contributed by atoms with Gasteiger partial charge in [0.15, 0.2) is 0 Å². The first-order chi connectivity index (χ1) is 12.0. The topological polar surface area (TPSA) is 92.5 Å². The molecule has 3 rings (SSSR count). The summed E-state index contributed by atoms with van der Waals surface area (Å²) in [5.41, 5.74) is 5.68. The zero-order valence-corrected chi connectivity index (χ0v) is 14.4. The standard InChI is InChI=1S/C19H25N3O3/c20-18(25)19(9-5-2-6-10-19)21-17(24)15-11-16(23)22(13-15)12-14-7-3-1-4-8-14/h1,3-4,7-8,15H,2,5-6,9-13H2,(H2,20,25)(H,21,24). The zero-order chi connectivity index (χ0) is 17.9. The van der Waals surface area contributed by atoms with E-state index < -0.39 is 17.4 Å². The summed E-state index contributed by atoms with van der Waals surface area (Å²) < 4.78 is 0. The van der Waals surface area contributed by atoms with Crippen molar-refractivity contribution in [2.75, 3.05) is 6.54 Å². The van der Waals surface area contributed by atoms with Crippen molar-refractivity contribution >= 4 is 17.7 Å². The van der Waals surface area contributed by atoms with E-state index in [1.54, 1.807) is 4.90 Å². The van der Waals surface area contributed by atoms with Crippen LogP contribution in [0.1, 0.15) is 44.1 Å². The van der Waals surface area contributed by atoms with Crippen LogP contribution >= 0.6 is 0 Å². The monoisotopic (exact) mass is 343 g/mol. The van der Waals surface area contributed by atoms with Crippen LogP contribution in [0.3, 0.4) is 0 Å². The number of nitrogens with two attached hydrogens (primary N) is 1. The minimum Gasteiger partial charge on any atom is -0.368 e. The molecule has 2 fully saturated rings. The van der Waals surface area contributed by atoms with E-state index in [-0.39, 0.29) is 18.2 Å². The number of benzene rings is 1. The number of hydrogen-bond acceptors (Lipinski definition) is 3. The Labute approximate surface area is 147 Å². The van der Waals surface area contributed by atoms with Crippen molar-refractivity contribution in [3.8, 4) is 0 Å². The molecule has 1 aromatic carbocycles. The summed E-state index contributed by atoms with van der Waals surface area (Å²) in [6.07, 6.45) is 4.18. The number of rotatable bonds is 5. The van der Waals surface area contributed by atoms with Crippen LogP contribution in [0.2, 0.25) is 0 Å². The van der Waals surface area contributed by atoms with Gasteiger partial charge in [0.25, 0.3) is 0 Å². The van der Waals surface area contributed by atoms with Gasteiger partial charge in [-0.1, -0.05) is 49.6 Å². The Morgan fingerprint density at radius 2 is 1.84 bits per heavy atom. The third-order valence-corrected chi connectivity index (χ3v) is 5.34. The Hall–Kier alpha value is -2.37. The van der Waals surface area contributed by atoms with E-state index in [1.807, 2.05) is 30.3 Å². The van der Waals surface area contributed by atoms with E-state index in [9.17, 15) is 14.4 Å². The fourth-order valence-corrected chi connectivity index (χ4v) is 3.83. The van der Waals surface area contributed by atoms with Crippen LogP contribution in [0.15, 0.2) is 30.3 Å². The molecule has 1 heterocycles. The van der Waals surface area contributed by atoms with Crippen molar-refractivity contribution in [2.24, 2.45) is 11.7 Å². The van der Waals surface area contributed by atoms with Crippen LogP contribution in [0, 0.1) is 5.92 Å². The zero-order valence-electron chi connectivity index (χ0n) is 14.4. The molecule has 0 spiro atoms. The molecule has 2 aliphatic rings. The lowest BCUT2D eigenvalue weighted by Crippen LogP contribution is -2.59. The van der Waals surface area contributed by atoms with Crippen LogP contribution in [0.4, 0.5) is 0 Å². The number of carbonyl (C=O) groups is 3. The van der Waals surface area contributed by atoms with Crippen molar-refractivity contribution in [2.45, 2.75) is 50.6 Å². The minimum absolute atomic E-state index is 0.0271. The van der Waals surface area contributed by atoms with Gasteiger partial charge in [0.1, 0.15) is 5.54 Å². The summed E-state index contributed by atoms with van der Waals surface area (Å²) in [5.74, 6) is -1.15. The molecule has 1 unspecified atom stereocenters. The lowest BCUT2D eigenvalue weighted by Gasteiger charge is -2.35. The predicted octanol–water partition coefficient (Wildman–Crippen LogP) is 1.34. The van der Waals surface area contributed by atoms with E-state index in [0.717, 1.165) is 24.8 Å². The first-order valence-electron chi connectivity index (χ1n) is 8.94. The molecule has 0 radical (unpaired) electrons. The molecule has 1 aromatic rings. The van der Waals surface area contributed by atoms with Crippen molar-refractivity contribution in [3.63, 3.8) is 0 Å². The molecule has 3 N–H and O–H groups in total. The number of carbonyl (C=O) groups excluding carboxylic acids is 3. The molecule has 0 aromatic heterocycles. The second-order valence-corrected chi connectivity index (χ2v) is 7.16. The molecule has 1 saturated heterocycles. The number of nitrogens with one attached hydrogen (secondary N) is 1. The minimum atomic E-state index is -0.939. The van der Waals surface area contributed by atoms with Crippen LogP contribution in [-0.2, 0) is 20.9 Å². The van der Waals surface area contributed by atoms with Gasteiger partial charge in [-0.2, -0.15) is 0 Å². The Morgan fingerprint density at radius 3 is 2.48 bits per heavy atom. The number of hydrogen-bond donors (Lipinski definition) is 2. The van der Waals surface area contributed by atoms with Crippen LogP contribution in [0.5, 0.6) is 0 Å². The lowest BCUT2D eigenvalue weighted by atomic mass is 9.80. The number of amides is 3. The average molecular weight is 343 g/mol. The fraction of sp³-hybridized carbons (Fsp3) is 0.526. The van der Waals surface area contributed by atoms with Gasteiger partial charge in [-0.3, -0.25) is 14.4 Å². The first-order valence-corrected chi connectivity index (χ1v) is 8.94. The molecule has 1 atom stereocenters. The number of likely N-dealkylation sites (tertiary alicyclic amines) is 1. The molecule has 1 saturated carbocycles. The van der Waals surface area contributed by atoms with Crippen LogP contribution in [0.25, 0.3) is 0 Å². The van der Waals surface area contributed by atoms with E-state index in [0.29, 0.717) is 25.9 Å². The summed E-state index contributed by atoms with van der Waals surface area (Å²) in [6.45, 7) is 0.888. The fourth-order valence-electron chi connectivity index (χ4n) is 3.83. The largest absolute Gasteiger partial charge is 0.368 e. The summed E-state index contributed by atoms with van der Waals surface area (Å²) >= 11 is 0. The third kappa shape index (κ3) is 3.83. The second kappa shape index (κ2) is 7.25. The van der Waals surface area contributed by atoms with Gasteiger partial charge < -0.3 is 16.0 Å². The Balaban J connectivity index is 1.63. The van der Waals surface area contributed by atoms with E-state index in [4.69, 9.17) is 5.73 Å². The molecule has 134 valence electrons. The molecule has 1 aliphatic carbocycles. The molecule has 6 heteroatoms. The molecule has 1 aliphatic heterocycles. The van der Waals surface area contributed by atoms with Crippen molar-refractivity contribution in [3.05, 3.63) is 35.9 Å². The van der Waals surface area contributed by atoms with E-state index in [1.165, 1.54) is 0 Å². The number of primary amides is 1. The summed E-state index contributed by atoms with van der Waals surface area (Å²) in [6, 6.07) is 9.72. The van der Waals surface area contributed by atoms with Gasteiger partial charge in [0.2, 0.25) is 17.7 Å². The van der Waals surface area contributed by atoms with Crippen LogP contribution in [-0.4, -0.2) is 34.7 Å². The van der Waals surface area contributed by atoms with Crippen molar-refractivity contribution in [1.82, 2.24) is 10.2 Å². The number of nitrogens with zero attached hydrogens (tertiary/aromatic N) is 1. The van der Waals surface area contributed by atoms with Crippen molar-refractivity contribution < 1.29 is 14.4 Å². The molecule has 6 nitrogen and oxygen atoms in total. The van der Waals surface area contributed by atoms with Crippen molar-refractivity contribution in [1.29, 1.82) is 0 Å². The van der Waals surface area contributed by atoms with Gasteiger partial charge in [0, 0.05) is 19.5 Å². The molecule has 25 heavy (non-hydrogen) atoms. The molecular formula is C19H25N3O3. The third-order valence-electron chi connectivity index (χ3n) is 5.34. The van der Waals surface area contributed by atoms with Gasteiger partial charge >= 0.3 is 0 Å². The summed E-state index contributed by atoms with van der Waals surface area (Å²) in [4.78, 5) is 38.6. The smallest absolute Gasteiger partial charge is 0.243 e. The van der Waals surface area contributed by atoms with Gasteiger partial charge in [-0.25, -0.2) is 0 Å². The van der Waals surface area contributed by atoms with Gasteiger partial charge in [0.05, 0.1) is 5.92 Å². The predicted molar refractivity (Wildman–Crippen MR) is 93.1 cm³/mol. The highest BCUT2D eigenvalue weighted by Crippen LogP contribution is 2.29. The maximum Gasteiger partial charge on any atom is 0.243 e. The van der Waals surface area contributed by atoms with Gasteiger partial charge in [-0.15, -0.1) is 0 Å². The normalized spacial score (nSPS) is 22.6. The second-order valence-electron chi connectivity index (χ2n) is 7.16. The maximum atomic E-state index is 12.7. The summed E-state index contributed by atoms with van der Waals surface area (Å²) in [5, 5.41) is 2.89. The Morgan fingerprint density at radius 1 is 1.16 bits per heavy atom. The highest BCUT2D eigenvalue weighted by molar-refractivity contribution is 5.94. The van der Waals surface area contributed by atoms with Crippen LogP contribution < -0.4 is 11.1 Å². The first kappa shape index (κ1) is 17.5. The van der Waals surface area contributed by atoms with E-state index in [2.05, 4.69) is 5.32 Å². The lowest BCUT2D eigenvalue weighted by molar-refractivity contribution is -0.135. The molecule has 0 bridgehead atoms.